The molecule has 0 fully saturated rings. The topological polar surface area (TPSA) is 29.1 Å². The van der Waals surface area contributed by atoms with Crippen LogP contribution in [0.15, 0.2) is 30.3 Å². The van der Waals surface area contributed by atoms with Crippen LogP contribution in [0, 0.1) is 5.41 Å². The Labute approximate surface area is 117 Å². The Balaban J connectivity index is 2.90. The molecule has 2 heteroatoms. The molecule has 1 rings (SSSR count). The van der Waals surface area contributed by atoms with Gasteiger partial charge in [-0.1, -0.05) is 51.1 Å². The molecule has 0 aromatic heterocycles. The summed E-state index contributed by atoms with van der Waals surface area (Å²) in [5.74, 6) is 0.270. The monoisotopic (exact) mass is 261 g/mol. The molecule has 1 N–H and O–H groups in total. The Morgan fingerprint density at radius 2 is 1.58 bits per heavy atom. The highest BCUT2D eigenvalue weighted by Gasteiger charge is 2.31. The minimum Gasteiger partial charge on any atom is -0.302 e. The van der Waals surface area contributed by atoms with Crippen molar-refractivity contribution in [1.82, 2.24) is 5.32 Å². The van der Waals surface area contributed by atoms with Crippen LogP contribution in [0.2, 0.25) is 0 Å². The van der Waals surface area contributed by atoms with Crippen LogP contribution in [0.4, 0.5) is 0 Å². The molecule has 0 aliphatic heterocycles. The molecule has 1 atom stereocenters. The van der Waals surface area contributed by atoms with Gasteiger partial charge < -0.3 is 5.32 Å². The van der Waals surface area contributed by atoms with Crippen LogP contribution in [0.1, 0.15) is 47.1 Å². The van der Waals surface area contributed by atoms with E-state index < -0.39 is 0 Å². The van der Waals surface area contributed by atoms with E-state index in [4.69, 9.17) is 0 Å². The van der Waals surface area contributed by atoms with Gasteiger partial charge >= 0.3 is 0 Å². The van der Waals surface area contributed by atoms with Crippen molar-refractivity contribution in [1.29, 1.82) is 0 Å². The molecular formula is C17H27NO. The van der Waals surface area contributed by atoms with Gasteiger partial charge in [0.15, 0.2) is 5.78 Å². The molecule has 0 amide bonds. The summed E-state index contributed by atoms with van der Waals surface area (Å²) in [5.41, 5.74) is 0.805. The van der Waals surface area contributed by atoms with Gasteiger partial charge in [0.25, 0.3) is 0 Å². The minimum absolute atomic E-state index is 0.0691. The fraction of sp³-hybridized carbons (Fsp3) is 0.588. The Kier molecular flexibility index (Phi) is 4.92. The van der Waals surface area contributed by atoms with Crippen molar-refractivity contribution in [3.8, 4) is 0 Å². The maximum atomic E-state index is 12.6. The van der Waals surface area contributed by atoms with Gasteiger partial charge in [-0.3, -0.25) is 4.79 Å². The molecule has 0 saturated heterocycles. The van der Waals surface area contributed by atoms with Gasteiger partial charge in [-0.15, -0.1) is 0 Å². The number of hydrogen-bond acceptors (Lipinski definition) is 2. The molecule has 2 nitrogen and oxygen atoms in total. The largest absolute Gasteiger partial charge is 0.302 e. The maximum absolute atomic E-state index is 12.6. The van der Waals surface area contributed by atoms with E-state index in [0.717, 1.165) is 6.42 Å². The SMILES string of the molecule is CC(C)(C)NC(Cc1ccccc1)C(=O)C(C)(C)C. The third-order valence-corrected chi connectivity index (χ3v) is 2.95. The summed E-state index contributed by atoms with van der Waals surface area (Å²) in [5, 5.41) is 3.46. The Morgan fingerprint density at radius 1 is 1.05 bits per heavy atom. The van der Waals surface area contributed by atoms with Gasteiger partial charge in [0.05, 0.1) is 6.04 Å². The number of nitrogens with one attached hydrogen (secondary N) is 1. The lowest BCUT2D eigenvalue weighted by molar-refractivity contribution is -0.128. The zero-order chi connectivity index (χ0) is 14.7. The van der Waals surface area contributed by atoms with Crippen molar-refractivity contribution in [2.24, 2.45) is 5.41 Å². The number of ketones is 1. The van der Waals surface area contributed by atoms with Crippen LogP contribution >= 0.6 is 0 Å². The first-order valence-corrected chi connectivity index (χ1v) is 6.95. The number of benzene rings is 1. The molecular weight excluding hydrogens is 234 g/mol. The van der Waals surface area contributed by atoms with E-state index in [-0.39, 0.29) is 22.8 Å². The van der Waals surface area contributed by atoms with Gasteiger partial charge in [0.1, 0.15) is 0 Å². The second kappa shape index (κ2) is 5.87. The zero-order valence-corrected chi connectivity index (χ0v) is 13.1. The lowest BCUT2D eigenvalue weighted by atomic mass is 9.83. The molecule has 1 unspecified atom stereocenters. The van der Waals surface area contributed by atoms with Crippen molar-refractivity contribution >= 4 is 5.78 Å². The first-order chi connectivity index (χ1) is 8.59. The molecule has 19 heavy (non-hydrogen) atoms. The molecule has 0 radical (unpaired) electrons. The molecule has 0 heterocycles. The van der Waals surface area contributed by atoms with Crippen LogP contribution in [-0.4, -0.2) is 17.4 Å². The number of hydrogen-bond donors (Lipinski definition) is 1. The third-order valence-electron chi connectivity index (χ3n) is 2.95. The molecule has 0 aliphatic rings. The number of rotatable bonds is 4. The molecule has 106 valence electrons. The maximum Gasteiger partial charge on any atom is 0.155 e. The number of Topliss-reactive ketones (excluding diaryl/α,β-unsaturated/α-hetero) is 1. The average Bonchev–Trinajstić information content (AvgIpc) is 2.25. The number of carbonyl (C=O) groups excluding carboxylic acids is 1. The summed E-state index contributed by atoms with van der Waals surface area (Å²) in [6, 6.07) is 10.1. The smallest absolute Gasteiger partial charge is 0.155 e. The van der Waals surface area contributed by atoms with Gasteiger partial charge in [-0.2, -0.15) is 0 Å². The van der Waals surface area contributed by atoms with E-state index in [1.807, 2.05) is 39.0 Å². The van der Waals surface area contributed by atoms with Crippen molar-refractivity contribution in [3.63, 3.8) is 0 Å². The van der Waals surface area contributed by atoms with Crippen LogP contribution in [0.25, 0.3) is 0 Å². The van der Waals surface area contributed by atoms with Crippen LogP contribution in [0.5, 0.6) is 0 Å². The van der Waals surface area contributed by atoms with Gasteiger partial charge in [-0.25, -0.2) is 0 Å². The predicted octanol–water partition coefficient (Wildman–Crippen LogP) is 3.60. The highest BCUT2D eigenvalue weighted by Crippen LogP contribution is 2.20. The lowest BCUT2D eigenvalue weighted by Gasteiger charge is -2.32. The van der Waals surface area contributed by atoms with Crippen molar-refractivity contribution in [2.45, 2.75) is 59.5 Å². The zero-order valence-electron chi connectivity index (χ0n) is 13.1. The molecule has 0 spiro atoms. The normalized spacial score (nSPS) is 14.2. The summed E-state index contributed by atoms with van der Waals surface area (Å²) in [6.45, 7) is 12.2. The van der Waals surface area contributed by atoms with Crippen molar-refractivity contribution in [2.75, 3.05) is 0 Å². The van der Waals surface area contributed by atoms with E-state index in [1.54, 1.807) is 0 Å². The highest BCUT2D eigenvalue weighted by atomic mass is 16.1. The van der Waals surface area contributed by atoms with Crippen molar-refractivity contribution in [3.05, 3.63) is 35.9 Å². The lowest BCUT2D eigenvalue weighted by Crippen LogP contribution is -2.51. The fourth-order valence-electron chi connectivity index (χ4n) is 2.10. The molecule has 0 bridgehead atoms. The summed E-state index contributed by atoms with van der Waals surface area (Å²) in [6.07, 6.45) is 0.744. The summed E-state index contributed by atoms with van der Waals surface area (Å²) >= 11 is 0. The average molecular weight is 261 g/mol. The second-order valence-corrected chi connectivity index (χ2v) is 7.25. The summed E-state index contributed by atoms with van der Waals surface area (Å²) in [7, 11) is 0. The fourth-order valence-corrected chi connectivity index (χ4v) is 2.10. The van der Waals surface area contributed by atoms with Crippen molar-refractivity contribution < 1.29 is 4.79 Å². The van der Waals surface area contributed by atoms with E-state index in [1.165, 1.54) is 5.56 Å². The van der Waals surface area contributed by atoms with Crippen LogP contribution in [-0.2, 0) is 11.2 Å². The standard InChI is InChI=1S/C17H27NO/c1-16(2,3)15(19)14(18-17(4,5)6)12-13-10-8-7-9-11-13/h7-11,14,18H,12H2,1-6H3. The summed E-state index contributed by atoms with van der Waals surface area (Å²) in [4.78, 5) is 12.6. The van der Waals surface area contributed by atoms with E-state index in [9.17, 15) is 4.79 Å². The van der Waals surface area contributed by atoms with E-state index in [0.29, 0.717) is 0 Å². The molecule has 1 aromatic carbocycles. The second-order valence-electron chi connectivity index (χ2n) is 7.25. The quantitative estimate of drug-likeness (QED) is 0.897. The third kappa shape index (κ3) is 5.56. The molecule has 0 saturated carbocycles. The van der Waals surface area contributed by atoms with E-state index in [2.05, 4.69) is 38.2 Å². The van der Waals surface area contributed by atoms with Gasteiger partial charge in [0, 0.05) is 11.0 Å². The predicted molar refractivity (Wildman–Crippen MR) is 81.3 cm³/mol. The van der Waals surface area contributed by atoms with Gasteiger partial charge in [-0.05, 0) is 32.8 Å². The molecule has 1 aromatic rings. The van der Waals surface area contributed by atoms with Gasteiger partial charge in [0.2, 0.25) is 0 Å². The Morgan fingerprint density at radius 3 is 2.00 bits per heavy atom. The minimum atomic E-state index is -0.322. The highest BCUT2D eigenvalue weighted by molar-refractivity contribution is 5.89. The Bertz CT molecular complexity index is 409. The first-order valence-electron chi connectivity index (χ1n) is 6.95. The summed E-state index contributed by atoms with van der Waals surface area (Å²) < 4.78 is 0. The Hall–Kier alpha value is -1.15. The van der Waals surface area contributed by atoms with E-state index >= 15 is 0 Å². The number of carbonyl (C=O) groups is 1. The van der Waals surface area contributed by atoms with Crippen LogP contribution < -0.4 is 5.32 Å². The molecule has 0 aliphatic carbocycles. The van der Waals surface area contributed by atoms with Crippen LogP contribution in [0.3, 0.4) is 0 Å². The first kappa shape index (κ1) is 15.9.